The van der Waals surface area contributed by atoms with Gasteiger partial charge in [0.1, 0.15) is 6.04 Å². The van der Waals surface area contributed by atoms with Crippen LogP contribution in [0, 0.1) is 0 Å². The van der Waals surface area contributed by atoms with Crippen LogP contribution in [-0.2, 0) is 4.79 Å². The van der Waals surface area contributed by atoms with Crippen molar-refractivity contribution < 1.29 is 18.7 Å². The van der Waals surface area contributed by atoms with E-state index in [2.05, 4.69) is 0 Å². The summed E-state index contributed by atoms with van der Waals surface area (Å²) in [4.78, 5) is 12.4. The van der Waals surface area contributed by atoms with Crippen LogP contribution in [0.25, 0.3) is 0 Å². The van der Waals surface area contributed by atoms with Gasteiger partial charge in [-0.2, -0.15) is 0 Å². The number of carbonyl (C=O) groups is 1. The van der Waals surface area contributed by atoms with Crippen molar-refractivity contribution >= 4 is 5.97 Å². The molecule has 1 aliphatic rings. The number of halogens is 2. The number of likely N-dealkylation sites (tertiary alicyclic amines) is 1. The van der Waals surface area contributed by atoms with Gasteiger partial charge in [-0.3, -0.25) is 9.69 Å². The molecule has 0 aromatic heterocycles. The number of rotatable bonds is 2. The summed E-state index contributed by atoms with van der Waals surface area (Å²) in [5, 5.41) is 8.81. The quantitative estimate of drug-likeness (QED) is 0.747. The fourth-order valence-electron chi connectivity index (χ4n) is 1.80. The maximum atomic E-state index is 13.0. The van der Waals surface area contributed by atoms with E-state index in [1.807, 2.05) is 13.8 Å². The lowest BCUT2D eigenvalue weighted by Crippen LogP contribution is -2.53. The molecule has 1 atom stereocenters. The number of hydrogen-bond acceptors (Lipinski definition) is 2. The summed E-state index contributed by atoms with van der Waals surface area (Å²) in [7, 11) is 0. The van der Waals surface area contributed by atoms with E-state index in [1.54, 1.807) is 4.90 Å². The van der Waals surface area contributed by atoms with Crippen molar-refractivity contribution in [2.75, 3.05) is 6.54 Å². The summed E-state index contributed by atoms with van der Waals surface area (Å²) >= 11 is 0. The molecule has 1 unspecified atom stereocenters. The molecule has 0 saturated carbocycles. The first-order chi connectivity index (χ1) is 6.33. The van der Waals surface area contributed by atoms with Gasteiger partial charge in [0.05, 0.1) is 0 Å². The molecule has 1 N–H and O–H groups in total. The minimum absolute atomic E-state index is 0.00722. The van der Waals surface area contributed by atoms with Gasteiger partial charge in [0.25, 0.3) is 5.92 Å². The number of carboxylic acids is 1. The van der Waals surface area contributed by atoms with E-state index in [0.717, 1.165) is 0 Å². The first kappa shape index (κ1) is 11.4. The first-order valence-corrected chi connectivity index (χ1v) is 4.70. The molecule has 0 aromatic rings. The molecule has 5 heteroatoms. The van der Waals surface area contributed by atoms with Gasteiger partial charge in [0, 0.05) is 25.4 Å². The van der Waals surface area contributed by atoms with Crippen molar-refractivity contribution in [1.82, 2.24) is 4.90 Å². The Balaban J connectivity index is 2.76. The predicted octanol–water partition coefficient (Wildman–Crippen LogP) is 1.58. The molecule has 1 heterocycles. The highest BCUT2D eigenvalue weighted by molar-refractivity contribution is 5.73. The van der Waals surface area contributed by atoms with Crippen LogP contribution >= 0.6 is 0 Å². The lowest BCUT2D eigenvalue weighted by Gasteiger charge is -2.39. The molecule has 1 aliphatic heterocycles. The van der Waals surface area contributed by atoms with Crippen molar-refractivity contribution in [3.63, 3.8) is 0 Å². The van der Waals surface area contributed by atoms with E-state index in [4.69, 9.17) is 5.11 Å². The highest BCUT2D eigenvalue weighted by atomic mass is 19.3. The maximum absolute atomic E-state index is 13.0. The number of carboxylic acid groups (broad SMARTS) is 1. The number of aliphatic carboxylic acids is 1. The zero-order valence-corrected chi connectivity index (χ0v) is 8.33. The summed E-state index contributed by atoms with van der Waals surface area (Å²) in [5.74, 6) is -3.98. The zero-order chi connectivity index (χ0) is 10.9. The van der Waals surface area contributed by atoms with E-state index in [9.17, 15) is 13.6 Å². The van der Waals surface area contributed by atoms with Crippen LogP contribution in [0.4, 0.5) is 8.78 Å². The zero-order valence-electron chi connectivity index (χ0n) is 8.33. The minimum atomic E-state index is -2.82. The Hall–Kier alpha value is -0.710. The van der Waals surface area contributed by atoms with Crippen molar-refractivity contribution in [2.24, 2.45) is 0 Å². The SMILES string of the molecule is CC(C)N1CCC(F)(F)CC1C(=O)O. The summed E-state index contributed by atoms with van der Waals surface area (Å²) in [6.45, 7) is 3.79. The lowest BCUT2D eigenvalue weighted by atomic mass is 9.97. The van der Waals surface area contributed by atoms with Crippen molar-refractivity contribution in [1.29, 1.82) is 0 Å². The molecule has 0 radical (unpaired) electrons. The number of piperidine rings is 1. The fourth-order valence-corrected chi connectivity index (χ4v) is 1.80. The first-order valence-electron chi connectivity index (χ1n) is 4.70. The van der Waals surface area contributed by atoms with Crippen LogP contribution < -0.4 is 0 Å². The molecule has 82 valence electrons. The van der Waals surface area contributed by atoms with Gasteiger partial charge in [-0.05, 0) is 13.8 Å². The lowest BCUT2D eigenvalue weighted by molar-refractivity contribution is -0.155. The maximum Gasteiger partial charge on any atom is 0.321 e. The Morgan fingerprint density at radius 3 is 2.57 bits per heavy atom. The average Bonchev–Trinajstić information content (AvgIpc) is 2.01. The second kappa shape index (κ2) is 3.81. The van der Waals surface area contributed by atoms with E-state index in [-0.39, 0.29) is 19.0 Å². The van der Waals surface area contributed by atoms with Crippen molar-refractivity contribution in [2.45, 2.75) is 44.7 Å². The van der Waals surface area contributed by atoms with E-state index in [1.165, 1.54) is 0 Å². The normalized spacial score (nSPS) is 27.9. The third-order valence-corrected chi connectivity index (χ3v) is 2.58. The molecular weight excluding hydrogens is 192 g/mol. The van der Waals surface area contributed by atoms with E-state index in [0.29, 0.717) is 0 Å². The van der Waals surface area contributed by atoms with E-state index < -0.39 is 24.4 Å². The highest BCUT2D eigenvalue weighted by Crippen LogP contribution is 2.32. The molecular formula is C9H15F2NO2. The Kier molecular flexibility index (Phi) is 3.09. The second-order valence-corrected chi connectivity index (χ2v) is 4.00. The molecule has 0 amide bonds. The van der Waals surface area contributed by atoms with Crippen molar-refractivity contribution in [3.8, 4) is 0 Å². The summed E-state index contributed by atoms with van der Waals surface area (Å²) in [6.07, 6.45) is -0.810. The van der Waals surface area contributed by atoms with E-state index >= 15 is 0 Å². The Labute approximate surface area is 81.7 Å². The molecule has 1 rings (SSSR count). The third-order valence-electron chi connectivity index (χ3n) is 2.58. The van der Waals surface area contributed by atoms with Crippen LogP contribution in [0.2, 0.25) is 0 Å². The largest absolute Gasteiger partial charge is 0.480 e. The summed E-state index contributed by atoms with van der Waals surface area (Å²) in [5.41, 5.74) is 0. The average molecular weight is 207 g/mol. The van der Waals surface area contributed by atoms with Gasteiger partial charge in [-0.25, -0.2) is 8.78 Å². The smallest absolute Gasteiger partial charge is 0.321 e. The molecule has 0 bridgehead atoms. The van der Waals surface area contributed by atoms with Gasteiger partial charge in [-0.1, -0.05) is 0 Å². The standard InChI is InChI=1S/C9H15F2NO2/c1-6(2)12-4-3-9(10,11)5-7(12)8(13)14/h6-7H,3-5H2,1-2H3,(H,13,14). The van der Waals surface area contributed by atoms with Crippen molar-refractivity contribution in [3.05, 3.63) is 0 Å². The second-order valence-electron chi connectivity index (χ2n) is 4.00. The molecule has 14 heavy (non-hydrogen) atoms. The molecule has 1 fully saturated rings. The van der Waals surface area contributed by atoms with Gasteiger partial charge in [-0.15, -0.1) is 0 Å². The number of hydrogen-bond donors (Lipinski definition) is 1. The Morgan fingerprint density at radius 1 is 1.57 bits per heavy atom. The van der Waals surface area contributed by atoms with Gasteiger partial charge < -0.3 is 5.11 Å². The van der Waals surface area contributed by atoms with Crippen LogP contribution in [0.3, 0.4) is 0 Å². The molecule has 0 spiro atoms. The van der Waals surface area contributed by atoms with Crippen LogP contribution in [0.15, 0.2) is 0 Å². The predicted molar refractivity (Wildman–Crippen MR) is 47.4 cm³/mol. The summed E-state index contributed by atoms with van der Waals surface area (Å²) < 4.78 is 25.9. The minimum Gasteiger partial charge on any atom is -0.480 e. The van der Waals surface area contributed by atoms with Crippen LogP contribution in [-0.4, -0.2) is 40.5 Å². The Bertz CT molecular complexity index is 231. The molecule has 1 saturated heterocycles. The van der Waals surface area contributed by atoms with Crippen LogP contribution in [0.5, 0.6) is 0 Å². The topological polar surface area (TPSA) is 40.5 Å². The fraction of sp³-hybridized carbons (Fsp3) is 0.889. The molecule has 3 nitrogen and oxygen atoms in total. The van der Waals surface area contributed by atoms with Crippen LogP contribution in [0.1, 0.15) is 26.7 Å². The van der Waals surface area contributed by atoms with Gasteiger partial charge in [0.15, 0.2) is 0 Å². The third kappa shape index (κ3) is 2.41. The monoisotopic (exact) mass is 207 g/mol. The molecule has 0 aromatic carbocycles. The number of alkyl halides is 2. The number of nitrogens with zero attached hydrogens (tertiary/aromatic N) is 1. The molecule has 0 aliphatic carbocycles. The van der Waals surface area contributed by atoms with Gasteiger partial charge >= 0.3 is 5.97 Å². The Morgan fingerprint density at radius 2 is 2.14 bits per heavy atom. The highest BCUT2D eigenvalue weighted by Gasteiger charge is 2.44. The summed E-state index contributed by atoms with van der Waals surface area (Å²) in [6, 6.07) is -1.05. The van der Waals surface area contributed by atoms with Gasteiger partial charge in [0.2, 0.25) is 0 Å².